The van der Waals surface area contributed by atoms with Crippen molar-refractivity contribution in [2.45, 2.75) is 13.0 Å². The highest BCUT2D eigenvalue weighted by atomic mass is 16.6. The average Bonchev–Trinajstić information content (AvgIpc) is 2.59. The number of methoxy groups -OCH3 is 1. The maximum atomic E-state index is 12.2. The highest BCUT2D eigenvalue weighted by molar-refractivity contribution is 5.95. The molecule has 2 aromatic rings. The Morgan fingerprint density at radius 3 is 2.67 bits per heavy atom. The van der Waals surface area contributed by atoms with Gasteiger partial charge in [-0.1, -0.05) is 24.3 Å². The Labute approximate surface area is 139 Å². The highest BCUT2D eigenvalue weighted by Crippen LogP contribution is 2.27. The molecule has 7 heteroatoms. The number of nitro groups is 1. The Balaban J connectivity index is 2.09. The molecule has 0 radical (unpaired) electrons. The van der Waals surface area contributed by atoms with Gasteiger partial charge in [0.25, 0.3) is 5.91 Å². The minimum atomic E-state index is -0.858. The van der Waals surface area contributed by atoms with E-state index in [0.29, 0.717) is 0 Å². The molecular formula is C17H18N2O5. The molecule has 0 unspecified atom stereocenters. The molecule has 2 rings (SSSR count). The summed E-state index contributed by atoms with van der Waals surface area (Å²) in [5.74, 6) is -0.426. The third kappa shape index (κ3) is 3.88. The van der Waals surface area contributed by atoms with Crippen LogP contribution in [0, 0.1) is 17.0 Å². The molecule has 24 heavy (non-hydrogen) atoms. The lowest BCUT2D eigenvalue weighted by molar-refractivity contribution is -0.385. The van der Waals surface area contributed by atoms with Gasteiger partial charge in [0.2, 0.25) is 0 Å². The molecule has 2 N–H and O–H groups in total. The van der Waals surface area contributed by atoms with Crippen LogP contribution >= 0.6 is 0 Å². The summed E-state index contributed by atoms with van der Waals surface area (Å²) in [6.07, 6.45) is -0.858. The maximum Gasteiger partial charge on any atom is 0.311 e. The van der Waals surface area contributed by atoms with Gasteiger partial charge in [-0.15, -0.1) is 0 Å². The van der Waals surface area contributed by atoms with E-state index >= 15 is 0 Å². The van der Waals surface area contributed by atoms with Gasteiger partial charge < -0.3 is 15.2 Å². The largest absolute Gasteiger partial charge is 0.490 e. The molecule has 0 aliphatic heterocycles. The van der Waals surface area contributed by atoms with Crippen molar-refractivity contribution in [1.29, 1.82) is 0 Å². The lowest BCUT2D eigenvalue weighted by Gasteiger charge is -2.14. The first kappa shape index (κ1) is 17.4. The molecule has 0 aliphatic carbocycles. The minimum Gasteiger partial charge on any atom is -0.490 e. The molecule has 0 saturated heterocycles. The number of nitro benzene ring substituents is 1. The number of hydrogen-bond donors (Lipinski definition) is 2. The molecule has 1 amide bonds. The number of aliphatic hydroxyl groups excluding tert-OH is 1. The molecule has 0 aliphatic rings. The molecule has 7 nitrogen and oxygen atoms in total. The molecule has 0 saturated carbocycles. The van der Waals surface area contributed by atoms with Crippen molar-refractivity contribution in [2.24, 2.45) is 0 Å². The molecule has 2 aromatic carbocycles. The quantitative estimate of drug-likeness (QED) is 0.625. The molecule has 0 fully saturated rings. The Morgan fingerprint density at radius 2 is 2.04 bits per heavy atom. The Hall–Kier alpha value is -2.93. The summed E-state index contributed by atoms with van der Waals surface area (Å²) in [6.45, 7) is 1.87. The molecule has 0 spiro atoms. The van der Waals surface area contributed by atoms with E-state index in [-0.39, 0.29) is 23.5 Å². The van der Waals surface area contributed by atoms with Crippen molar-refractivity contribution in [3.63, 3.8) is 0 Å². The monoisotopic (exact) mass is 330 g/mol. The fraction of sp³-hybridized carbons (Fsp3) is 0.235. The van der Waals surface area contributed by atoms with Crippen LogP contribution in [-0.2, 0) is 0 Å². The highest BCUT2D eigenvalue weighted by Gasteiger charge is 2.19. The fourth-order valence-electron chi connectivity index (χ4n) is 2.34. The van der Waals surface area contributed by atoms with Crippen LogP contribution in [0.4, 0.5) is 5.69 Å². The van der Waals surface area contributed by atoms with Crippen LogP contribution in [0.2, 0.25) is 0 Å². The third-order valence-electron chi connectivity index (χ3n) is 3.64. The van der Waals surface area contributed by atoms with E-state index in [2.05, 4.69) is 5.32 Å². The van der Waals surface area contributed by atoms with Gasteiger partial charge in [0.1, 0.15) is 0 Å². The number of hydrogen-bond acceptors (Lipinski definition) is 5. The van der Waals surface area contributed by atoms with Crippen LogP contribution in [0.5, 0.6) is 5.75 Å². The summed E-state index contributed by atoms with van der Waals surface area (Å²) in [5, 5.41) is 23.8. The van der Waals surface area contributed by atoms with Crippen LogP contribution in [0.25, 0.3) is 0 Å². The van der Waals surface area contributed by atoms with E-state index in [1.54, 1.807) is 12.1 Å². The first-order valence-electron chi connectivity index (χ1n) is 7.28. The summed E-state index contributed by atoms with van der Waals surface area (Å²) in [7, 11) is 1.32. The zero-order chi connectivity index (χ0) is 17.7. The summed E-state index contributed by atoms with van der Waals surface area (Å²) in [4.78, 5) is 22.5. The molecule has 126 valence electrons. The van der Waals surface area contributed by atoms with E-state index in [1.165, 1.54) is 19.2 Å². The van der Waals surface area contributed by atoms with Crippen molar-refractivity contribution in [3.05, 3.63) is 69.3 Å². The Morgan fingerprint density at radius 1 is 1.33 bits per heavy atom. The number of aliphatic hydroxyl groups is 1. The Kier molecular flexibility index (Phi) is 5.49. The second-order valence-electron chi connectivity index (χ2n) is 5.23. The second-order valence-corrected chi connectivity index (χ2v) is 5.23. The van der Waals surface area contributed by atoms with Crippen LogP contribution in [-0.4, -0.2) is 29.6 Å². The minimum absolute atomic E-state index is 0.00349. The van der Waals surface area contributed by atoms with Gasteiger partial charge >= 0.3 is 5.69 Å². The van der Waals surface area contributed by atoms with Crippen LogP contribution in [0.1, 0.15) is 27.6 Å². The van der Waals surface area contributed by atoms with E-state index in [0.717, 1.165) is 17.2 Å². The summed E-state index contributed by atoms with van der Waals surface area (Å²) in [5.41, 5.74) is 1.47. The smallest absolute Gasteiger partial charge is 0.311 e. The number of ether oxygens (including phenoxy) is 1. The molecule has 0 bridgehead atoms. The number of nitrogens with zero attached hydrogens (tertiary/aromatic N) is 1. The topological polar surface area (TPSA) is 102 Å². The van der Waals surface area contributed by atoms with Crippen molar-refractivity contribution in [2.75, 3.05) is 13.7 Å². The number of aryl methyl sites for hydroxylation is 1. The summed E-state index contributed by atoms with van der Waals surface area (Å²) < 4.78 is 4.90. The van der Waals surface area contributed by atoms with E-state index in [4.69, 9.17) is 4.74 Å². The van der Waals surface area contributed by atoms with Crippen molar-refractivity contribution in [1.82, 2.24) is 5.32 Å². The number of benzene rings is 2. The van der Waals surface area contributed by atoms with Gasteiger partial charge in [-0.25, -0.2) is 0 Å². The van der Waals surface area contributed by atoms with Crippen LogP contribution in [0.15, 0.2) is 42.5 Å². The van der Waals surface area contributed by atoms with Gasteiger partial charge in [-0.2, -0.15) is 0 Å². The van der Waals surface area contributed by atoms with Gasteiger partial charge in [0.05, 0.1) is 18.1 Å². The van der Waals surface area contributed by atoms with E-state index < -0.39 is 16.9 Å². The summed E-state index contributed by atoms with van der Waals surface area (Å²) in [6, 6.07) is 11.3. The van der Waals surface area contributed by atoms with Crippen LogP contribution < -0.4 is 10.1 Å². The first-order chi connectivity index (χ1) is 11.4. The zero-order valence-corrected chi connectivity index (χ0v) is 13.4. The predicted molar refractivity (Wildman–Crippen MR) is 88.1 cm³/mol. The number of nitrogens with one attached hydrogen (secondary N) is 1. The normalized spacial score (nSPS) is 11.6. The van der Waals surface area contributed by atoms with E-state index in [9.17, 15) is 20.0 Å². The maximum absolute atomic E-state index is 12.2. The van der Waals surface area contributed by atoms with Gasteiger partial charge in [0.15, 0.2) is 5.75 Å². The lowest BCUT2D eigenvalue weighted by Crippen LogP contribution is -2.28. The number of carbonyl (C=O) groups excluding carboxylic acids is 1. The SMILES string of the molecule is COc1ccc(C(=O)NC[C@H](O)c2ccccc2C)cc1[N+](=O)[O-]. The molecule has 1 atom stereocenters. The van der Waals surface area contributed by atoms with Gasteiger partial charge in [-0.3, -0.25) is 14.9 Å². The molecular weight excluding hydrogens is 312 g/mol. The van der Waals surface area contributed by atoms with Crippen molar-refractivity contribution < 1.29 is 19.6 Å². The first-order valence-corrected chi connectivity index (χ1v) is 7.28. The fourth-order valence-corrected chi connectivity index (χ4v) is 2.34. The summed E-state index contributed by atoms with van der Waals surface area (Å²) >= 11 is 0. The molecule has 0 aromatic heterocycles. The van der Waals surface area contributed by atoms with Crippen molar-refractivity contribution in [3.8, 4) is 5.75 Å². The third-order valence-corrected chi connectivity index (χ3v) is 3.64. The predicted octanol–water partition coefficient (Wildman–Crippen LogP) is 2.38. The number of carbonyl (C=O) groups is 1. The Bertz CT molecular complexity index is 760. The van der Waals surface area contributed by atoms with E-state index in [1.807, 2.05) is 19.1 Å². The van der Waals surface area contributed by atoms with Gasteiger partial charge in [-0.05, 0) is 30.2 Å². The van der Waals surface area contributed by atoms with Crippen molar-refractivity contribution >= 4 is 11.6 Å². The lowest BCUT2D eigenvalue weighted by atomic mass is 10.0. The number of rotatable bonds is 6. The number of amides is 1. The molecule has 0 heterocycles. The average molecular weight is 330 g/mol. The van der Waals surface area contributed by atoms with Crippen LogP contribution in [0.3, 0.4) is 0 Å². The zero-order valence-electron chi connectivity index (χ0n) is 13.4. The van der Waals surface area contributed by atoms with Gasteiger partial charge in [0, 0.05) is 18.2 Å². The standard InChI is InChI=1S/C17H18N2O5/c1-11-5-3-4-6-13(11)15(20)10-18-17(21)12-7-8-16(24-2)14(9-12)19(22)23/h3-9,15,20H,10H2,1-2H3,(H,18,21)/t15-/m0/s1. The second kappa shape index (κ2) is 7.56.